The van der Waals surface area contributed by atoms with Crippen molar-refractivity contribution in [2.45, 2.75) is 52.6 Å². The summed E-state index contributed by atoms with van der Waals surface area (Å²) in [6.07, 6.45) is 11.9. The lowest BCUT2D eigenvalue weighted by Gasteiger charge is -2.03. The highest BCUT2D eigenvalue weighted by molar-refractivity contribution is 5.82. The van der Waals surface area contributed by atoms with Gasteiger partial charge in [-0.05, 0) is 26.7 Å². The van der Waals surface area contributed by atoms with Crippen LogP contribution < -0.4 is 0 Å². The van der Waals surface area contributed by atoms with E-state index >= 15 is 0 Å². The van der Waals surface area contributed by atoms with Crippen LogP contribution in [0, 0.1) is 0 Å². The Labute approximate surface area is 93.0 Å². The third-order valence-corrected chi connectivity index (χ3v) is 1.81. The molecule has 0 spiro atoms. The number of carbonyl (C=O) groups is 1. The van der Waals surface area contributed by atoms with Crippen LogP contribution in [-0.2, 0) is 9.53 Å². The Balaban J connectivity index is 3.55. The average Bonchev–Trinajstić information content (AvgIpc) is 2.15. The maximum Gasteiger partial charge on any atom is 0.330 e. The minimum absolute atomic E-state index is 0.0457. The minimum Gasteiger partial charge on any atom is -0.460 e. The number of ether oxygens (including phenoxy) is 1. The van der Waals surface area contributed by atoms with Gasteiger partial charge in [0, 0.05) is 6.08 Å². The van der Waals surface area contributed by atoms with E-state index in [0.717, 1.165) is 6.42 Å². The van der Waals surface area contributed by atoms with Crippen molar-refractivity contribution in [3.05, 3.63) is 24.3 Å². The predicted molar refractivity (Wildman–Crippen MR) is 63.7 cm³/mol. The van der Waals surface area contributed by atoms with Crippen molar-refractivity contribution in [3.8, 4) is 0 Å². The van der Waals surface area contributed by atoms with Gasteiger partial charge in [0.25, 0.3) is 0 Å². The summed E-state index contributed by atoms with van der Waals surface area (Å²) in [6, 6.07) is 0. The molecule has 0 saturated carbocycles. The molecule has 0 saturated heterocycles. The normalized spacial score (nSPS) is 11.7. The van der Waals surface area contributed by atoms with Gasteiger partial charge in [-0.15, -0.1) is 0 Å². The first-order valence-corrected chi connectivity index (χ1v) is 5.70. The van der Waals surface area contributed by atoms with Gasteiger partial charge < -0.3 is 4.74 Å². The summed E-state index contributed by atoms with van der Waals surface area (Å²) in [6.45, 7) is 5.87. The van der Waals surface area contributed by atoms with E-state index in [1.54, 1.807) is 6.08 Å². The summed E-state index contributed by atoms with van der Waals surface area (Å²) in [5.41, 5.74) is 0. The number of hydrogen-bond acceptors (Lipinski definition) is 2. The molecule has 0 rings (SSSR count). The molecule has 0 aromatic rings. The van der Waals surface area contributed by atoms with Crippen LogP contribution in [0.25, 0.3) is 0 Å². The summed E-state index contributed by atoms with van der Waals surface area (Å²) < 4.78 is 4.94. The Morgan fingerprint density at radius 3 is 2.60 bits per heavy atom. The summed E-state index contributed by atoms with van der Waals surface area (Å²) in [5.74, 6) is -0.275. The molecule has 0 radical (unpaired) electrons. The molecule has 0 bridgehead atoms. The Morgan fingerprint density at radius 1 is 1.27 bits per heavy atom. The van der Waals surface area contributed by atoms with Gasteiger partial charge >= 0.3 is 5.97 Å². The van der Waals surface area contributed by atoms with E-state index in [0.29, 0.717) is 0 Å². The van der Waals surface area contributed by atoms with Gasteiger partial charge in [0.2, 0.25) is 0 Å². The minimum atomic E-state index is -0.275. The van der Waals surface area contributed by atoms with Crippen molar-refractivity contribution < 1.29 is 9.53 Å². The second-order valence-electron chi connectivity index (χ2n) is 3.77. The highest BCUT2D eigenvalue weighted by atomic mass is 16.5. The molecule has 0 aromatic carbocycles. The Hall–Kier alpha value is -1.05. The molecule has 2 heteroatoms. The van der Waals surface area contributed by atoms with Crippen molar-refractivity contribution in [3.63, 3.8) is 0 Å². The van der Waals surface area contributed by atoms with Crippen LogP contribution in [-0.4, -0.2) is 12.1 Å². The molecule has 0 aromatic heterocycles. The summed E-state index contributed by atoms with van der Waals surface area (Å²) >= 11 is 0. The van der Waals surface area contributed by atoms with E-state index in [2.05, 4.69) is 13.0 Å². The number of esters is 1. The highest BCUT2D eigenvalue weighted by Gasteiger charge is 1.97. The predicted octanol–water partition coefficient (Wildman–Crippen LogP) is 3.63. The smallest absolute Gasteiger partial charge is 0.330 e. The first-order chi connectivity index (χ1) is 7.16. The van der Waals surface area contributed by atoms with E-state index in [1.807, 2.05) is 19.9 Å². The molecule has 0 amide bonds. The van der Waals surface area contributed by atoms with Crippen LogP contribution in [0.4, 0.5) is 0 Å². The quantitative estimate of drug-likeness (QED) is 0.277. The molecule has 15 heavy (non-hydrogen) atoms. The van der Waals surface area contributed by atoms with E-state index < -0.39 is 0 Å². The Morgan fingerprint density at radius 2 is 2.00 bits per heavy atom. The van der Waals surface area contributed by atoms with Crippen LogP contribution in [0.15, 0.2) is 24.3 Å². The fourth-order valence-corrected chi connectivity index (χ4v) is 1.09. The van der Waals surface area contributed by atoms with E-state index in [9.17, 15) is 4.79 Å². The summed E-state index contributed by atoms with van der Waals surface area (Å²) in [5, 5.41) is 0. The third kappa shape index (κ3) is 10.9. The summed E-state index contributed by atoms with van der Waals surface area (Å²) in [4.78, 5) is 11.0. The van der Waals surface area contributed by atoms with Crippen LogP contribution in [0.1, 0.15) is 46.5 Å². The van der Waals surface area contributed by atoms with Crippen molar-refractivity contribution in [2.24, 2.45) is 0 Å². The maximum atomic E-state index is 11.0. The Kier molecular flexibility index (Phi) is 8.84. The van der Waals surface area contributed by atoms with Gasteiger partial charge in [0.15, 0.2) is 0 Å². The fraction of sp³-hybridized carbons (Fsp3) is 0.615. The van der Waals surface area contributed by atoms with E-state index in [4.69, 9.17) is 4.74 Å². The molecule has 0 heterocycles. The first-order valence-electron chi connectivity index (χ1n) is 5.70. The number of carbonyl (C=O) groups excluding carboxylic acids is 1. The van der Waals surface area contributed by atoms with Gasteiger partial charge in [-0.3, -0.25) is 0 Å². The lowest BCUT2D eigenvalue weighted by atomic mass is 10.2. The number of allylic oxidation sites excluding steroid dienone is 3. The van der Waals surface area contributed by atoms with E-state index in [1.165, 1.54) is 25.3 Å². The largest absolute Gasteiger partial charge is 0.460 e. The summed E-state index contributed by atoms with van der Waals surface area (Å²) in [7, 11) is 0. The second-order valence-corrected chi connectivity index (χ2v) is 3.77. The molecule has 0 fully saturated rings. The van der Waals surface area contributed by atoms with Crippen molar-refractivity contribution in [1.82, 2.24) is 0 Å². The van der Waals surface area contributed by atoms with Crippen molar-refractivity contribution in [1.29, 1.82) is 0 Å². The zero-order valence-corrected chi connectivity index (χ0v) is 10.0. The molecule has 0 aliphatic carbocycles. The van der Waals surface area contributed by atoms with Crippen LogP contribution in [0.5, 0.6) is 0 Å². The standard InChI is InChI=1S/C13H22O2/c1-4-5-6-7-8-9-10-11-13(14)15-12(2)3/h8-12H,4-7H2,1-3H3/b9-8-,11-10+. The molecular weight excluding hydrogens is 188 g/mol. The molecule has 0 unspecified atom stereocenters. The molecule has 0 aliphatic rings. The second kappa shape index (κ2) is 9.50. The maximum absolute atomic E-state index is 11.0. The monoisotopic (exact) mass is 210 g/mol. The van der Waals surface area contributed by atoms with Crippen molar-refractivity contribution >= 4 is 5.97 Å². The topological polar surface area (TPSA) is 26.3 Å². The average molecular weight is 210 g/mol. The lowest BCUT2D eigenvalue weighted by molar-refractivity contribution is -0.141. The van der Waals surface area contributed by atoms with Gasteiger partial charge in [-0.1, -0.05) is 38.0 Å². The first kappa shape index (κ1) is 13.9. The highest BCUT2D eigenvalue weighted by Crippen LogP contribution is 1.99. The SMILES string of the molecule is CCCCC/C=C\C=C\C(=O)OC(C)C. The number of hydrogen-bond donors (Lipinski definition) is 0. The number of rotatable bonds is 7. The van der Waals surface area contributed by atoms with Crippen molar-refractivity contribution in [2.75, 3.05) is 0 Å². The molecular formula is C13H22O2. The van der Waals surface area contributed by atoms with Gasteiger partial charge in [-0.2, -0.15) is 0 Å². The molecule has 0 aliphatic heterocycles. The van der Waals surface area contributed by atoms with Gasteiger partial charge in [0.05, 0.1) is 6.10 Å². The zero-order chi connectivity index (χ0) is 11.5. The lowest BCUT2D eigenvalue weighted by Crippen LogP contribution is -2.08. The molecule has 0 atom stereocenters. The molecule has 86 valence electrons. The zero-order valence-electron chi connectivity index (χ0n) is 10.0. The van der Waals surface area contributed by atoms with Gasteiger partial charge in [0.1, 0.15) is 0 Å². The van der Waals surface area contributed by atoms with Gasteiger partial charge in [-0.25, -0.2) is 4.79 Å². The van der Waals surface area contributed by atoms with Crippen LogP contribution in [0.2, 0.25) is 0 Å². The third-order valence-electron chi connectivity index (χ3n) is 1.81. The molecule has 2 nitrogen and oxygen atoms in total. The fourth-order valence-electron chi connectivity index (χ4n) is 1.09. The number of unbranched alkanes of at least 4 members (excludes halogenated alkanes) is 3. The van der Waals surface area contributed by atoms with Crippen LogP contribution in [0.3, 0.4) is 0 Å². The van der Waals surface area contributed by atoms with Crippen LogP contribution >= 0.6 is 0 Å². The van der Waals surface area contributed by atoms with E-state index in [-0.39, 0.29) is 12.1 Å². The molecule has 0 N–H and O–H groups in total. The Bertz CT molecular complexity index is 215.